The van der Waals surface area contributed by atoms with Crippen molar-refractivity contribution in [3.05, 3.63) is 36.0 Å². The molecule has 0 saturated carbocycles. The molecule has 3 nitrogen and oxygen atoms in total. The molecule has 0 bridgehead atoms. The lowest BCUT2D eigenvalue weighted by atomic mass is 10.1. The van der Waals surface area contributed by atoms with E-state index in [0.29, 0.717) is 6.04 Å². The largest absolute Gasteiger partial charge is 0.361 e. The molecule has 1 atom stereocenters. The molecule has 1 aliphatic rings. The van der Waals surface area contributed by atoms with Gasteiger partial charge in [-0.05, 0) is 44.5 Å². The molecule has 1 fully saturated rings. The molecule has 1 unspecified atom stereocenters. The Balaban J connectivity index is 1.52. The second kappa shape index (κ2) is 6.42. The SMILES string of the molecule is CC(CNCc1c[nH]c2ccccc12)N1CCCCC1. The summed E-state index contributed by atoms with van der Waals surface area (Å²) >= 11 is 0. The van der Waals surface area contributed by atoms with Crippen LogP contribution in [0.25, 0.3) is 10.9 Å². The van der Waals surface area contributed by atoms with Crippen molar-refractivity contribution in [2.24, 2.45) is 0 Å². The Morgan fingerprint density at radius 2 is 2.00 bits per heavy atom. The lowest BCUT2D eigenvalue weighted by Crippen LogP contribution is -2.42. The summed E-state index contributed by atoms with van der Waals surface area (Å²) in [5.74, 6) is 0. The molecular formula is C17H25N3. The molecule has 3 rings (SSSR count). The average Bonchev–Trinajstić information content (AvgIpc) is 2.92. The van der Waals surface area contributed by atoms with Gasteiger partial charge in [-0.15, -0.1) is 0 Å². The van der Waals surface area contributed by atoms with Gasteiger partial charge in [0.1, 0.15) is 0 Å². The quantitative estimate of drug-likeness (QED) is 0.875. The number of fused-ring (bicyclic) bond motifs is 1. The minimum Gasteiger partial charge on any atom is -0.361 e. The average molecular weight is 271 g/mol. The number of aromatic amines is 1. The summed E-state index contributed by atoms with van der Waals surface area (Å²) in [5, 5.41) is 4.95. The van der Waals surface area contributed by atoms with Crippen LogP contribution in [0.3, 0.4) is 0 Å². The highest BCUT2D eigenvalue weighted by atomic mass is 15.2. The van der Waals surface area contributed by atoms with Crippen LogP contribution in [0.1, 0.15) is 31.7 Å². The number of nitrogens with one attached hydrogen (secondary N) is 2. The second-order valence-electron chi connectivity index (χ2n) is 5.94. The van der Waals surface area contributed by atoms with Crippen molar-refractivity contribution >= 4 is 10.9 Å². The van der Waals surface area contributed by atoms with Crippen LogP contribution in [0.5, 0.6) is 0 Å². The molecule has 0 radical (unpaired) electrons. The van der Waals surface area contributed by atoms with E-state index in [1.807, 2.05) is 0 Å². The minimum absolute atomic E-state index is 0.639. The van der Waals surface area contributed by atoms with Crippen LogP contribution in [-0.2, 0) is 6.54 Å². The third-order valence-electron chi connectivity index (χ3n) is 4.44. The highest BCUT2D eigenvalue weighted by molar-refractivity contribution is 5.82. The first-order valence-electron chi connectivity index (χ1n) is 7.84. The summed E-state index contributed by atoms with van der Waals surface area (Å²) in [6, 6.07) is 9.15. The van der Waals surface area contributed by atoms with Crippen molar-refractivity contribution in [1.29, 1.82) is 0 Å². The van der Waals surface area contributed by atoms with Gasteiger partial charge in [-0.2, -0.15) is 0 Å². The Kier molecular flexibility index (Phi) is 4.38. The van der Waals surface area contributed by atoms with E-state index >= 15 is 0 Å². The third-order valence-corrected chi connectivity index (χ3v) is 4.44. The molecule has 108 valence electrons. The van der Waals surface area contributed by atoms with E-state index in [2.05, 4.69) is 52.6 Å². The van der Waals surface area contributed by atoms with E-state index in [1.165, 1.54) is 48.8 Å². The zero-order valence-electron chi connectivity index (χ0n) is 12.4. The topological polar surface area (TPSA) is 31.1 Å². The van der Waals surface area contributed by atoms with Gasteiger partial charge in [0, 0.05) is 36.2 Å². The van der Waals surface area contributed by atoms with Crippen LogP contribution in [0, 0.1) is 0 Å². The fraction of sp³-hybridized carbons (Fsp3) is 0.529. The Hall–Kier alpha value is -1.32. The number of nitrogens with zero attached hydrogens (tertiary/aromatic N) is 1. The van der Waals surface area contributed by atoms with Crippen molar-refractivity contribution < 1.29 is 0 Å². The monoisotopic (exact) mass is 271 g/mol. The van der Waals surface area contributed by atoms with Crippen LogP contribution in [0.2, 0.25) is 0 Å². The van der Waals surface area contributed by atoms with E-state index in [-0.39, 0.29) is 0 Å². The Morgan fingerprint density at radius 1 is 1.20 bits per heavy atom. The van der Waals surface area contributed by atoms with E-state index in [4.69, 9.17) is 0 Å². The summed E-state index contributed by atoms with van der Waals surface area (Å²) in [4.78, 5) is 5.96. The molecule has 0 aliphatic carbocycles. The smallest absolute Gasteiger partial charge is 0.0457 e. The van der Waals surface area contributed by atoms with Crippen LogP contribution in [-0.4, -0.2) is 35.6 Å². The number of H-pyrrole nitrogens is 1. The van der Waals surface area contributed by atoms with Gasteiger partial charge in [0.25, 0.3) is 0 Å². The van der Waals surface area contributed by atoms with Crippen molar-refractivity contribution in [2.75, 3.05) is 19.6 Å². The highest BCUT2D eigenvalue weighted by Crippen LogP contribution is 2.17. The summed E-state index contributed by atoms with van der Waals surface area (Å²) in [7, 11) is 0. The summed E-state index contributed by atoms with van der Waals surface area (Å²) in [5.41, 5.74) is 2.60. The predicted octanol–water partition coefficient (Wildman–Crippen LogP) is 3.13. The summed E-state index contributed by atoms with van der Waals surface area (Å²) < 4.78 is 0. The molecule has 20 heavy (non-hydrogen) atoms. The first-order valence-corrected chi connectivity index (χ1v) is 7.84. The minimum atomic E-state index is 0.639. The van der Waals surface area contributed by atoms with E-state index in [9.17, 15) is 0 Å². The molecule has 2 aromatic rings. The first kappa shape index (κ1) is 13.7. The number of piperidine rings is 1. The van der Waals surface area contributed by atoms with Gasteiger partial charge in [-0.3, -0.25) is 4.90 Å². The van der Waals surface area contributed by atoms with Crippen LogP contribution in [0.4, 0.5) is 0 Å². The van der Waals surface area contributed by atoms with Gasteiger partial charge < -0.3 is 10.3 Å². The number of rotatable bonds is 5. The van der Waals surface area contributed by atoms with E-state index < -0.39 is 0 Å². The van der Waals surface area contributed by atoms with Gasteiger partial charge in [-0.1, -0.05) is 24.6 Å². The molecule has 1 aromatic heterocycles. The fourth-order valence-corrected chi connectivity index (χ4v) is 3.18. The van der Waals surface area contributed by atoms with Gasteiger partial charge in [0.05, 0.1) is 0 Å². The van der Waals surface area contributed by atoms with Crippen molar-refractivity contribution in [3.8, 4) is 0 Å². The number of benzene rings is 1. The molecule has 3 heteroatoms. The highest BCUT2D eigenvalue weighted by Gasteiger charge is 2.16. The zero-order chi connectivity index (χ0) is 13.8. The van der Waals surface area contributed by atoms with Crippen molar-refractivity contribution in [1.82, 2.24) is 15.2 Å². The first-order chi connectivity index (χ1) is 9.84. The van der Waals surface area contributed by atoms with Crippen LogP contribution < -0.4 is 5.32 Å². The molecule has 2 N–H and O–H groups in total. The maximum absolute atomic E-state index is 3.62. The molecule has 1 saturated heterocycles. The van der Waals surface area contributed by atoms with Crippen LogP contribution in [0.15, 0.2) is 30.5 Å². The molecule has 0 spiro atoms. The summed E-state index contributed by atoms with van der Waals surface area (Å²) in [6.45, 7) is 6.90. The molecular weight excluding hydrogens is 246 g/mol. The molecule has 2 heterocycles. The van der Waals surface area contributed by atoms with Gasteiger partial charge >= 0.3 is 0 Å². The normalized spacial score (nSPS) is 18.4. The number of hydrogen-bond acceptors (Lipinski definition) is 2. The molecule has 1 aliphatic heterocycles. The molecule has 0 amide bonds. The Morgan fingerprint density at radius 3 is 2.85 bits per heavy atom. The third kappa shape index (κ3) is 3.05. The maximum atomic E-state index is 3.62. The van der Waals surface area contributed by atoms with Gasteiger partial charge in [0.2, 0.25) is 0 Å². The van der Waals surface area contributed by atoms with Gasteiger partial charge in [0.15, 0.2) is 0 Å². The lowest BCUT2D eigenvalue weighted by molar-refractivity contribution is 0.171. The predicted molar refractivity (Wildman–Crippen MR) is 84.9 cm³/mol. The number of likely N-dealkylation sites (tertiary alicyclic amines) is 1. The van der Waals surface area contributed by atoms with Crippen molar-refractivity contribution in [2.45, 2.75) is 38.8 Å². The van der Waals surface area contributed by atoms with Crippen molar-refractivity contribution in [3.63, 3.8) is 0 Å². The zero-order valence-corrected chi connectivity index (χ0v) is 12.4. The fourth-order valence-electron chi connectivity index (χ4n) is 3.18. The van der Waals surface area contributed by atoms with E-state index in [0.717, 1.165) is 13.1 Å². The maximum Gasteiger partial charge on any atom is 0.0457 e. The second-order valence-corrected chi connectivity index (χ2v) is 5.94. The lowest BCUT2D eigenvalue weighted by Gasteiger charge is -2.32. The summed E-state index contributed by atoms with van der Waals surface area (Å²) in [6.07, 6.45) is 6.27. The standard InChI is InChI=1S/C17H25N3/c1-14(20-9-5-2-6-10-20)11-18-12-15-13-19-17-8-4-3-7-16(15)17/h3-4,7-8,13-14,18-19H,2,5-6,9-12H2,1H3. The number of hydrogen-bond donors (Lipinski definition) is 2. The number of para-hydroxylation sites is 1. The Labute approximate surface area is 121 Å². The van der Waals surface area contributed by atoms with E-state index in [1.54, 1.807) is 0 Å². The molecule has 1 aromatic carbocycles. The Bertz CT molecular complexity index is 540. The number of aromatic nitrogens is 1. The van der Waals surface area contributed by atoms with Gasteiger partial charge in [-0.25, -0.2) is 0 Å². The van der Waals surface area contributed by atoms with Crippen LogP contribution >= 0.6 is 0 Å².